The van der Waals surface area contributed by atoms with E-state index in [2.05, 4.69) is 0 Å². The Morgan fingerprint density at radius 3 is 2.22 bits per heavy atom. The van der Waals surface area contributed by atoms with Crippen molar-refractivity contribution in [2.45, 2.75) is 31.8 Å². The first kappa shape index (κ1) is 24.7. The molecule has 1 heterocycles. The summed E-state index contributed by atoms with van der Waals surface area (Å²) in [6.07, 6.45) is 0.817. The smallest absolute Gasteiger partial charge is 0.258 e. The Labute approximate surface area is 220 Å². The van der Waals surface area contributed by atoms with Crippen molar-refractivity contribution in [3.05, 3.63) is 131 Å². The number of hydrogen-bond donors (Lipinski definition) is 0. The summed E-state index contributed by atoms with van der Waals surface area (Å²) >= 11 is 6.15. The zero-order chi connectivity index (χ0) is 25.9. The fourth-order valence-corrected chi connectivity index (χ4v) is 5.18. The Kier molecular flexibility index (Phi) is 7.06. The van der Waals surface area contributed by atoms with E-state index in [0.29, 0.717) is 23.4 Å². The number of carbonyl (C=O) groups excluding carboxylic acids is 2. The molecule has 37 heavy (non-hydrogen) atoms. The second-order valence-electron chi connectivity index (χ2n) is 9.01. The van der Waals surface area contributed by atoms with Crippen molar-refractivity contribution in [2.75, 3.05) is 9.80 Å². The molecule has 0 unspecified atom stereocenters. The second-order valence-corrected chi connectivity index (χ2v) is 9.45. The number of nitrogens with zero attached hydrogens (tertiary/aromatic N) is 2. The largest absolute Gasteiger partial charge is 0.305 e. The molecule has 0 saturated heterocycles. The van der Waals surface area contributed by atoms with Crippen molar-refractivity contribution >= 4 is 34.8 Å². The van der Waals surface area contributed by atoms with Crippen LogP contribution in [0.25, 0.3) is 0 Å². The van der Waals surface area contributed by atoms with E-state index in [4.69, 9.17) is 11.6 Å². The minimum atomic E-state index is -0.396. The van der Waals surface area contributed by atoms with Gasteiger partial charge in [-0.15, -0.1) is 0 Å². The molecule has 4 aromatic carbocycles. The topological polar surface area (TPSA) is 40.6 Å². The third-order valence-corrected chi connectivity index (χ3v) is 7.05. The van der Waals surface area contributed by atoms with Crippen molar-refractivity contribution in [3.8, 4) is 0 Å². The molecule has 0 saturated carbocycles. The maximum absolute atomic E-state index is 13.9. The van der Waals surface area contributed by atoms with Gasteiger partial charge in [0.15, 0.2) is 0 Å². The summed E-state index contributed by atoms with van der Waals surface area (Å²) in [5, 5.41) is 0.593. The molecule has 2 amide bonds. The Bertz CT molecular complexity index is 1410. The molecule has 186 valence electrons. The van der Waals surface area contributed by atoms with E-state index in [1.807, 2.05) is 78.6 Å². The summed E-state index contributed by atoms with van der Waals surface area (Å²) in [5.74, 6) is -0.640. The summed E-state index contributed by atoms with van der Waals surface area (Å²) in [5.41, 5.74) is 3.71. The third kappa shape index (κ3) is 4.87. The maximum atomic E-state index is 13.9. The number of rotatable bonds is 5. The molecule has 0 N–H and O–H groups in total. The van der Waals surface area contributed by atoms with E-state index < -0.39 is 5.82 Å². The van der Waals surface area contributed by atoms with Gasteiger partial charge in [-0.25, -0.2) is 4.39 Å². The second kappa shape index (κ2) is 10.6. The lowest BCUT2D eigenvalue weighted by Crippen LogP contribution is -2.45. The van der Waals surface area contributed by atoms with Crippen LogP contribution in [0.15, 0.2) is 103 Å². The molecule has 0 aliphatic carbocycles. The number of fused-ring (bicyclic) bond motifs is 1. The molecule has 0 fully saturated rings. The van der Waals surface area contributed by atoms with Crippen molar-refractivity contribution in [3.63, 3.8) is 0 Å². The molecule has 0 bridgehead atoms. The minimum Gasteiger partial charge on any atom is -0.305 e. The summed E-state index contributed by atoms with van der Waals surface area (Å²) in [6.45, 7) is 1.85. The molecule has 6 heteroatoms. The van der Waals surface area contributed by atoms with Gasteiger partial charge in [0, 0.05) is 28.4 Å². The van der Waals surface area contributed by atoms with Gasteiger partial charge in [0.2, 0.25) is 5.91 Å². The minimum absolute atomic E-state index is 0.0211. The SMILES string of the molecule is CCC(=O)N(c1ccc(Cl)cc1)[C@@H]1C[C@H](c2ccccc2)N(C(=O)c2ccc(F)cc2)c2ccccc21. The van der Waals surface area contributed by atoms with E-state index >= 15 is 0 Å². The highest BCUT2D eigenvalue weighted by Gasteiger charge is 2.40. The molecule has 4 nitrogen and oxygen atoms in total. The van der Waals surface area contributed by atoms with Crippen LogP contribution in [-0.4, -0.2) is 11.8 Å². The van der Waals surface area contributed by atoms with Crippen LogP contribution in [0, 0.1) is 5.82 Å². The van der Waals surface area contributed by atoms with E-state index in [0.717, 1.165) is 22.5 Å². The van der Waals surface area contributed by atoms with Gasteiger partial charge in [0.05, 0.1) is 12.1 Å². The molecule has 1 aliphatic rings. The van der Waals surface area contributed by atoms with Crippen LogP contribution in [0.1, 0.15) is 53.3 Å². The highest BCUT2D eigenvalue weighted by Crippen LogP contribution is 2.48. The van der Waals surface area contributed by atoms with Gasteiger partial charge in [-0.1, -0.05) is 67.1 Å². The summed E-state index contributed by atoms with van der Waals surface area (Å²) in [6, 6.07) is 29.7. The number of halogens is 2. The van der Waals surface area contributed by atoms with Gasteiger partial charge in [-0.3, -0.25) is 9.59 Å². The van der Waals surface area contributed by atoms with Crippen LogP contribution in [0.4, 0.5) is 15.8 Å². The number of benzene rings is 4. The van der Waals surface area contributed by atoms with Crippen molar-refractivity contribution < 1.29 is 14.0 Å². The lowest BCUT2D eigenvalue weighted by atomic mass is 9.85. The quantitative estimate of drug-likeness (QED) is 0.274. The maximum Gasteiger partial charge on any atom is 0.258 e. The zero-order valence-corrected chi connectivity index (χ0v) is 21.1. The highest BCUT2D eigenvalue weighted by atomic mass is 35.5. The Morgan fingerprint density at radius 1 is 0.892 bits per heavy atom. The first-order valence-electron chi connectivity index (χ1n) is 12.3. The predicted molar refractivity (Wildman–Crippen MR) is 145 cm³/mol. The van der Waals surface area contributed by atoms with E-state index in [1.54, 1.807) is 17.0 Å². The van der Waals surface area contributed by atoms with Gasteiger partial charge in [0.25, 0.3) is 5.91 Å². The van der Waals surface area contributed by atoms with E-state index in [1.165, 1.54) is 24.3 Å². The van der Waals surface area contributed by atoms with Gasteiger partial charge < -0.3 is 9.80 Å². The van der Waals surface area contributed by atoms with Crippen molar-refractivity contribution in [2.24, 2.45) is 0 Å². The Hall–Kier alpha value is -3.96. The number of para-hydroxylation sites is 1. The lowest BCUT2D eigenvalue weighted by molar-refractivity contribution is -0.118. The first-order chi connectivity index (χ1) is 18.0. The lowest BCUT2D eigenvalue weighted by Gasteiger charge is -2.45. The van der Waals surface area contributed by atoms with E-state index in [9.17, 15) is 14.0 Å². The van der Waals surface area contributed by atoms with Crippen molar-refractivity contribution in [1.82, 2.24) is 0 Å². The number of anilines is 2. The fourth-order valence-electron chi connectivity index (χ4n) is 5.06. The average molecular weight is 513 g/mol. The van der Waals surface area contributed by atoms with Gasteiger partial charge in [-0.05, 0) is 72.1 Å². The predicted octanol–water partition coefficient (Wildman–Crippen LogP) is 7.76. The molecule has 1 aliphatic heterocycles. The standard InChI is InChI=1S/C31H26ClFN2O2/c1-2-30(36)34(25-18-14-23(32)15-19-25)29-20-28(21-8-4-3-5-9-21)35(27-11-7-6-10-26(27)29)31(37)22-12-16-24(33)17-13-22/h3-19,28-29H,2,20H2,1H3/t28-,29-/m1/s1. The van der Waals surface area contributed by atoms with Crippen LogP contribution >= 0.6 is 11.6 Å². The molecule has 2 atom stereocenters. The van der Waals surface area contributed by atoms with Crippen LogP contribution < -0.4 is 9.80 Å². The molecule has 0 spiro atoms. The van der Waals surface area contributed by atoms with Gasteiger partial charge in [0.1, 0.15) is 5.82 Å². The number of hydrogen-bond acceptors (Lipinski definition) is 2. The normalized spacial score (nSPS) is 16.7. The Morgan fingerprint density at radius 2 is 1.54 bits per heavy atom. The number of amides is 2. The molecular weight excluding hydrogens is 487 g/mol. The van der Waals surface area contributed by atoms with Gasteiger partial charge in [-0.2, -0.15) is 0 Å². The third-order valence-electron chi connectivity index (χ3n) is 6.80. The molecule has 0 aromatic heterocycles. The summed E-state index contributed by atoms with van der Waals surface area (Å²) in [4.78, 5) is 30.9. The average Bonchev–Trinajstić information content (AvgIpc) is 2.94. The van der Waals surface area contributed by atoms with Crippen LogP contribution in [0.3, 0.4) is 0 Å². The fraction of sp³-hybridized carbons (Fsp3) is 0.161. The summed E-state index contributed by atoms with van der Waals surface area (Å²) in [7, 11) is 0. The van der Waals surface area contributed by atoms with Crippen molar-refractivity contribution in [1.29, 1.82) is 0 Å². The molecular formula is C31H26ClFN2O2. The molecule has 4 aromatic rings. The van der Waals surface area contributed by atoms with Crippen LogP contribution in [0.5, 0.6) is 0 Å². The van der Waals surface area contributed by atoms with Crippen LogP contribution in [-0.2, 0) is 4.79 Å². The first-order valence-corrected chi connectivity index (χ1v) is 12.7. The molecule has 0 radical (unpaired) electrons. The monoisotopic (exact) mass is 512 g/mol. The molecule has 5 rings (SSSR count). The van der Waals surface area contributed by atoms with Crippen LogP contribution in [0.2, 0.25) is 5.02 Å². The van der Waals surface area contributed by atoms with E-state index in [-0.39, 0.29) is 23.9 Å². The zero-order valence-electron chi connectivity index (χ0n) is 20.4. The van der Waals surface area contributed by atoms with Gasteiger partial charge >= 0.3 is 0 Å². The number of carbonyl (C=O) groups is 2. The summed E-state index contributed by atoms with van der Waals surface area (Å²) < 4.78 is 13.6. The Balaban J connectivity index is 1.68. The highest BCUT2D eigenvalue weighted by molar-refractivity contribution is 6.30.